The molecule has 0 saturated heterocycles. The van der Waals surface area contributed by atoms with E-state index in [1.807, 2.05) is 24.3 Å². The number of anilines is 1. The molecular formula is C17H25N3O2. The van der Waals surface area contributed by atoms with Crippen molar-refractivity contribution >= 4 is 11.7 Å². The first kappa shape index (κ1) is 15.3. The molecule has 1 unspecified atom stereocenters. The topological polar surface area (TPSA) is 73.4 Å². The Balaban J connectivity index is 1.48. The van der Waals surface area contributed by atoms with E-state index in [0.29, 0.717) is 12.6 Å². The fourth-order valence-electron chi connectivity index (χ4n) is 2.66. The van der Waals surface area contributed by atoms with Gasteiger partial charge in [0.05, 0.1) is 5.60 Å². The molecule has 2 fully saturated rings. The Kier molecular flexibility index (Phi) is 4.36. The first-order chi connectivity index (χ1) is 10.5. The van der Waals surface area contributed by atoms with Crippen LogP contribution in [0.5, 0.6) is 0 Å². The van der Waals surface area contributed by atoms with E-state index < -0.39 is 5.60 Å². The predicted molar refractivity (Wildman–Crippen MR) is 86.8 cm³/mol. The highest BCUT2D eigenvalue weighted by Gasteiger charge is 2.34. The lowest BCUT2D eigenvalue weighted by atomic mass is 9.80. The van der Waals surface area contributed by atoms with Crippen LogP contribution in [0.15, 0.2) is 24.3 Å². The number of benzene rings is 1. The number of nitrogens with one attached hydrogen (secondary N) is 3. The molecule has 1 aromatic carbocycles. The van der Waals surface area contributed by atoms with Gasteiger partial charge in [0.2, 0.25) is 0 Å². The van der Waals surface area contributed by atoms with E-state index in [2.05, 4.69) is 22.9 Å². The van der Waals surface area contributed by atoms with Crippen molar-refractivity contribution in [1.29, 1.82) is 0 Å². The summed E-state index contributed by atoms with van der Waals surface area (Å²) in [7, 11) is 0. The van der Waals surface area contributed by atoms with Crippen molar-refractivity contribution in [2.75, 3.05) is 11.9 Å². The fourth-order valence-corrected chi connectivity index (χ4v) is 2.66. The smallest absolute Gasteiger partial charge is 0.319 e. The first-order valence-corrected chi connectivity index (χ1v) is 8.17. The third-order valence-electron chi connectivity index (χ3n) is 4.60. The van der Waals surface area contributed by atoms with Crippen molar-refractivity contribution in [2.45, 2.75) is 56.7 Å². The van der Waals surface area contributed by atoms with E-state index >= 15 is 0 Å². The number of carbonyl (C=O) groups excluding carboxylic acids is 1. The number of aliphatic hydroxyl groups is 1. The van der Waals surface area contributed by atoms with Crippen LogP contribution in [-0.2, 0) is 0 Å². The van der Waals surface area contributed by atoms with Crippen molar-refractivity contribution in [3.05, 3.63) is 29.8 Å². The van der Waals surface area contributed by atoms with Crippen molar-refractivity contribution < 1.29 is 9.90 Å². The quantitative estimate of drug-likeness (QED) is 0.652. The average molecular weight is 303 g/mol. The molecule has 2 aliphatic carbocycles. The van der Waals surface area contributed by atoms with Gasteiger partial charge in [-0.1, -0.05) is 12.1 Å². The van der Waals surface area contributed by atoms with Gasteiger partial charge < -0.3 is 21.1 Å². The number of hydrogen-bond donors (Lipinski definition) is 4. The van der Waals surface area contributed by atoms with Crippen molar-refractivity contribution in [3.63, 3.8) is 0 Å². The van der Waals surface area contributed by atoms with Crippen LogP contribution in [0.1, 0.15) is 50.6 Å². The Morgan fingerprint density at radius 2 is 2.00 bits per heavy atom. The van der Waals surface area contributed by atoms with Gasteiger partial charge in [-0.25, -0.2) is 4.79 Å². The van der Waals surface area contributed by atoms with Crippen LogP contribution in [0.25, 0.3) is 0 Å². The van der Waals surface area contributed by atoms with Crippen LogP contribution in [0.4, 0.5) is 10.5 Å². The van der Waals surface area contributed by atoms with Gasteiger partial charge in [0.25, 0.3) is 0 Å². The second-order valence-electron chi connectivity index (χ2n) is 6.68. The van der Waals surface area contributed by atoms with Crippen molar-refractivity contribution in [3.8, 4) is 0 Å². The molecule has 0 aromatic heterocycles. The van der Waals surface area contributed by atoms with Crippen LogP contribution in [-0.4, -0.2) is 29.3 Å². The van der Waals surface area contributed by atoms with Crippen LogP contribution >= 0.6 is 0 Å². The van der Waals surface area contributed by atoms with E-state index in [1.165, 1.54) is 0 Å². The van der Waals surface area contributed by atoms with Gasteiger partial charge in [-0.2, -0.15) is 0 Å². The van der Waals surface area contributed by atoms with E-state index in [0.717, 1.165) is 43.4 Å². The molecule has 1 atom stereocenters. The van der Waals surface area contributed by atoms with E-state index in [-0.39, 0.29) is 12.1 Å². The number of amides is 2. The summed E-state index contributed by atoms with van der Waals surface area (Å²) in [4.78, 5) is 11.7. The normalized spacial score (nSPS) is 20.8. The Morgan fingerprint density at radius 1 is 1.32 bits per heavy atom. The van der Waals surface area contributed by atoms with Gasteiger partial charge >= 0.3 is 6.03 Å². The molecule has 2 amide bonds. The van der Waals surface area contributed by atoms with Gasteiger partial charge in [-0.05, 0) is 56.7 Å². The van der Waals surface area contributed by atoms with Crippen LogP contribution in [0.2, 0.25) is 0 Å². The third-order valence-corrected chi connectivity index (χ3v) is 4.60. The zero-order chi connectivity index (χ0) is 15.6. The second kappa shape index (κ2) is 6.26. The first-order valence-electron chi connectivity index (χ1n) is 8.17. The van der Waals surface area contributed by atoms with Crippen molar-refractivity contribution in [2.24, 2.45) is 0 Å². The SMILES string of the molecule is CC(NCC1(O)CCC1)c1ccc(NC(=O)NC2CC2)cc1. The van der Waals surface area contributed by atoms with Gasteiger partial charge in [0.1, 0.15) is 0 Å². The predicted octanol–water partition coefficient (Wildman–Crippen LogP) is 2.54. The molecule has 2 aliphatic rings. The maximum Gasteiger partial charge on any atom is 0.319 e. The van der Waals surface area contributed by atoms with Gasteiger partial charge in [0.15, 0.2) is 0 Å². The summed E-state index contributed by atoms with van der Waals surface area (Å²) in [5.74, 6) is 0. The minimum absolute atomic E-state index is 0.131. The Labute approximate surface area is 131 Å². The summed E-state index contributed by atoms with van der Waals surface area (Å²) in [5, 5.41) is 19.2. The Hall–Kier alpha value is -1.59. The summed E-state index contributed by atoms with van der Waals surface area (Å²) in [5.41, 5.74) is 1.44. The molecule has 22 heavy (non-hydrogen) atoms. The Morgan fingerprint density at radius 3 is 2.55 bits per heavy atom. The number of hydrogen-bond acceptors (Lipinski definition) is 3. The summed E-state index contributed by atoms with van der Waals surface area (Å²) in [6.07, 6.45) is 5.08. The average Bonchev–Trinajstić information content (AvgIpc) is 3.27. The zero-order valence-corrected chi connectivity index (χ0v) is 13.1. The molecule has 0 spiro atoms. The monoisotopic (exact) mass is 303 g/mol. The molecule has 120 valence electrons. The lowest BCUT2D eigenvalue weighted by Gasteiger charge is -2.37. The zero-order valence-electron chi connectivity index (χ0n) is 13.1. The molecule has 0 aliphatic heterocycles. The molecule has 4 N–H and O–H groups in total. The van der Waals surface area contributed by atoms with E-state index in [1.54, 1.807) is 0 Å². The van der Waals surface area contributed by atoms with E-state index in [4.69, 9.17) is 0 Å². The highest BCUT2D eigenvalue weighted by Crippen LogP contribution is 2.31. The second-order valence-corrected chi connectivity index (χ2v) is 6.68. The molecule has 1 aromatic rings. The third kappa shape index (κ3) is 3.99. The van der Waals surface area contributed by atoms with Crippen LogP contribution in [0, 0.1) is 0 Å². The molecule has 0 heterocycles. The standard InChI is InChI=1S/C17H25N3O2/c1-12(18-11-17(22)9-2-10-17)13-3-5-14(6-4-13)19-16(21)20-15-7-8-15/h3-6,12,15,18,22H,2,7-11H2,1H3,(H2,19,20,21). The minimum atomic E-state index is -0.503. The molecular weight excluding hydrogens is 278 g/mol. The van der Waals surface area contributed by atoms with Gasteiger partial charge in [-0.3, -0.25) is 0 Å². The van der Waals surface area contributed by atoms with Crippen LogP contribution in [0.3, 0.4) is 0 Å². The maximum absolute atomic E-state index is 11.7. The molecule has 5 nitrogen and oxygen atoms in total. The molecule has 0 bridgehead atoms. The van der Waals surface area contributed by atoms with Gasteiger partial charge in [-0.15, -0.1) is 0 Å². The number of carbonyl (C=O) groups is 1. The van der Waals surface area contributed by atoms with Crippen LogP contribution < -0.4 is 16.0 Å². The lowest BCUT2D eigenvalue weighted by molar-refractivity contribution is -0.0329. The maximum atomic E-state index is 11.7. The summed E-state index contributed by atoms with van der Waals surface area (Å²) >= 11 is 0. The number of urea groups is 1. The summed E-state index contributed by atoms with van der Waals surface area (Å²) < 4.78 is 0. The number of rotatable bonds is 6. The van der Waals surface area contributed by atoms with E-state index in [9.17, 15) is 9.90 Å². The lowest BCUT2D eigenvalue weighted by Crippen LogP contribution is -2.46. The summed E-state index contributed by atoms with van der Waals surface area (Å²) in [6, 6.07) is 8.26. The molecule has 3 rings (SSSR count). The molecule has 2 saturated carbocycles. The van der Waals surface area contributed by atoms with Gasteiger partial charge in [0, 0.05) is 24.3 Å². The summed E-state index contributed by atoms with van der Waals surface area (Å²) in [6.45, 7) is 2.72. The minimum Gasteiger partial charge on any atom is -0.389 e. The fraction of sp³-hybridized carbons (Fsp3) is 0.588. The highest BCUT2D eigenvalue weighted by atomic mass is 16.3. The molecule has 5 heteroatoms. The Bertz CT molecular complexity index is 521. The largest absolute Gasteiger partial charge is 0.389 e. The van der Waals surface area contributed by atoms with Crippen molar-refractivity contribution in [1.82, 2.24) is 10.6 Å². The highest BCUT2D eigenvalue weighted by molar-refractivity contribution is 5.89. The molecule has 0 radical (unpaired) electrons.